The van der Waals surface area contributed by atoms with E-state index in [0.29, 0.717) is 0 Å². The molecule has 0 aliphatic heterocycles. The number of hydrogen-bond donors (Lipinski definition) is 2. The highest BCUT2D eigenvalue weighted by Crippen LogP contribution is 2.27. The molecule has 0 radical (unpaired) electrons. The molecule has 0 aliphatic rings. The molecular weight excluding hydrogens is 233 g/mol. The van der Waals surface area contributed by atoms with Gasteiger partial charge < -0.3 is 5.43 Å². The number of hydrazine groups is 1. The third kappa shape index (κ3) is 2.00. The molecule has 0 fully saturated rings. The van der Waals surface area contributed by atoms with Gasteiger partial charge in [0, 0.05) is 16.6 Å². The number of nitrogens with one attached hydrogen (secondary N) is 1. The van der Waals surface area contributed by atoms with Gasteiger partial charge in [0.05, 0.1) is 11.2 Å². The molecule has 80 valence electrons. The normalized spacial score (nSPS) is 9.80. The van der Waals surface area contributed by atoms with Crippen molar-refractivity contribution in [3.63, 3.8) is 0 Å². The van der Waals surface area contributed by atoms with Crippen molar-refractivity contribution in [2.75, 3.05) is 5.43 Å². The summed E-state index contributed by atoms with van der Waals surface area (Å²) in [5.41, 5.74) is 5.35. The summed E-state index contributed by atoms with van der Waals surface area (Å²) in [5.74, 6) is 5.39. The topological polar surface area (TPSA) is 50.9 Å². The van der Waals surface area contributed by atoms with Gasteiger partial charge >= 0.3 is 0 Å². The van der Waals surface area contributed by atoms with Crippen LogP contribution in [-0.2, 0) is 0 Å². The highest BCUT2D eigenvalue weighted by Gasteiger charge is 2.05. The Bertz CT molecular complexity index is 485. The minimum Gasteiger partial charge on any atom is -0.323 e. The first-order chi connectivity index (χ1) is 6.74. The van der Waals surface area contributed by atoms with Crippen molar-refractivity contribution >= 4 is 40.6 Å². The van der Waals surface area contributed by atoms with E-state index in [9.17, 15) is 0 Å². The second-order valence-electron chi connectivity index (χ2n) is 3.07. The van der Waals surface area contributed by atoms with Crippen molar-refractivity contribution in [3.8, 4) is 0 Å². The fourth-order valence-electron chi connectivity index (χ4n) is 1.46. The van der Waals surface area contributed by atoms with Gasteiger partial charge in [0.25, 0.3) is 0 Å². The number of nitrogens with two attached hydrogens (primary N) is 1. The molecule has 0 bridgehead atoms. The van der Waals surface area contributed by atoms with Crippen molar-refractivity contribution in [1.82, 2.24) is 4.98 Å². The fraction of sp³-hybridized carbons (Fsp3) is 0.100. The number of anilines is 1. The minimum atomic E-state index is 0. The first kappa shape index (κ1) is 12.0. The monoisotopic (exact) mass is 243 g/mol. The van der Waals surface area contributed by atoms with E-state index in [0.717, 1.165) is 27.2 Å². The number of pyridine rings is 1. The van der Waals surface area contributed by atoms with Crippen LogP contribution in [0.15, 0.2) is 24.4 Å². The number of rotatable bonds is 1. The molecule has 1 aromatic heterocycles. The summed E-state index contributed by atoms with van der Waals surface area (Å²) in [6.45, 7) is 1.94. The smallest absolute Gasteiger partial charge is 0.0767 e. The number of nitrogen functional groups attached to an aromatic ring is 1. The molecular formula is C10H11Cl2N3. The van der Waals surface area contributed by atoms with Gasteiger partial charge in [-0.05, 0) is 30.7 Å². The molecule has 0 amide bonds. The van der Waals surface area contributed by atoms with E-state index < -0.39 is 0 Å². The van der Waals surface area contributed by atoms with Crippen LogP contribution >= 0.6 is 24.0 Å². The van der Waals surface area contributed by atoms with Gasteiger partial charge in [-0.1, -0.05) is 11.6 Å². The summed E-state index contributed by atoms with van der Waals surface area (Å²) in [6.07, 6.45) is 1.71. The van der Waals surface area contributed by atoms with Crippen molar-refractivity contribution in [2.45, 2.75) is 6.92 Å². The maximum atomic E-state index is 5.99. The minimum absolute atomic E-state index is 0. The summed E-state index contributed by atoms with van der Waals surface area (Å²) < 4.78 is 0. The average molecular weight is 244 g/mol. The first-order valence-electron chi connectivity index (χ1n) is 4.24. The highest BCUT2D eigenvalue weighted by atomic mass is 35.5. The molecule has 0 saturated carbocycles. The van der Waals surface area contributed by atoms with E-state index in [1.807, 2.05) is 25.1 Å². The van der Waals surface area contributed by atoms with Gasteiger partial charge in [-0.3, -0.25) is 10.8 Å². The molecule has 3 N–H and O–H groups in total. The summed E-state index contributed by atoms with van der Waals surface area (Å²) in [4.78, 5) is 4.27. The molecule has 2 aromatic rings. The van der Waals surface area contributed by atoms with Crippen LogP contribution < -0.4 is 11.3 Å². The molecule has 3 nitrogen and oxygen atoms in total. The molecule has 15 heavy (non-hydrogen) atoms. The Balaban J connectivity index is 0.00000112. The Labute approximate surface area is 99.0 Å². The van der Waals surface area contributed by atoms with E-state index in [4.69, 9.17) is 17.4 Å². The van der Waals surface area contributed by atoms with Gasteiger partial charge in [0.2, 0.25) is 0 Å². The van der Waals surface area contributed by atoms with Crippen LogP contribution in [0.2, 0.25) is 5.02 Å². The lowest BCUT2D eigenvalue weighted by molar-refractivity contribution is 1.32. The summed E-state index contributed by atoms with van der Waals surface area (Å²) >= 11 is 5.99. The zero-order valence-electron chi connectivity index (χ0n) is 8.12. The van der Waals surface area contributed by atoms with Crippen LogP contribution in [0.3, 0.4) is 0 Å². The predicted molar refractivity (Wildman–Crippen MR) is 66.5 cm³/mol. The molecule has 5 heteroatoms. The van der Waals surface area contributed by atoms with Crippen LogP contribution in [0.5, 0.6) is 0 Å². The van der Waals surface area contributed by atoms with E-state index in [-0.39, 0.29) is 12.4 Å². The number of halogens is 2. The molecule has 2 rings (SSSR count). The second kappa shape index (κ2) is 4.66. The Morgan fingerprint density at radius 2 is 2.07 bits per heavy atom. The first-order valence-corrected chi connectivity index (χ1v) is 4.62. The lowest BCUT2D eigenvalue weighted by Crippen LogP contribution is -2.07. The molecule has 0 aliphatic carbocycles. The zero-order chi connectivity index (χ0) is 10.1. The molecule has 0 saturated heterocycles. The highest BCUT2D eigenvalue weighted by molar-refractivity contribution is 6.32. The third-order valence-corrected chi connectivity index (χ3v) is 2.66. The van der Waals surface area contributed by atoms with Gasteiger partial charge in [0.15, 0.2) is 0 Å². The largest absolute Gasteiger partial charge is 0.323 e. The second-order valence-corrected chi connectivity index (χ2v) is 3.48. The van der Waals surface area contributed by atoms with Crippen molar-refractivity contribution in [1.29, 1.82) is 0 Å². The maximum absolute atomic E-state index is 5.99. The Hall–Kier alpha value is -1.03. The van der Waals surface area contributed by atoms with Gasteiger partial charge in [-0.2, -0.15) is 0 Å². The van der Waals surface area contributed by atoms with Crippen molar-refractivity contribution in [3.05, 3.63) is 35.0 Å². The lowest BCUT2D eigenvalue weighted by Gasteiger charge is -2.07. The zero-order valence-corrected chi connectivity index (χ0v) is 9.69. The van der Waals surface area contributed by atoms with Gasteiger partial charge in [0.1, 0.15) is 0 Å². The average Bonchev–Trinajstić information content (AvgIpc) is 2.23. The number of benzene rings is 1. The standard InChI is InChI=1S/C10H10ClN3.ClH/c1-6-8(11)3-2-7-9(14-12)4-5-13-10(6)7;/h2-5H,12H2,1H3,(H,13,14);1H. The van der Waals surface area contributed by atoms with Crippen molar-refractivity contribution in [2.24, 2.45) is 5.84 Å². The molecule has 1 aromatic carbocycles. The number of aryl methyl sites for hydroxylation is 1. The Morgan fingerprint density at radius 3 is 2.73 bits per heavy atom. The number of hydrogen-bond acceptors (Lipinski definition) is 3. The van der Waals surface area contributed by atoms with E-state index in [2.05, 4.69) is 10.4 Å². The van der Waals surface area contributed by atoms with Crippen LogP contribution in [0, 0.1) is 6.92 Å². The predicted octanol–water partition coefficient (Wildman–Crippen LogP) is 2.90. The van der Waals surface area contributed by atoms with E-state index >= 15 is 0 Å². The lowest BCUT2D eigenvalue weighted by atomic mass is 10.1. The van der Waals surface area contributed by atoms with Crippen LogP contribution in [0.4, 0.5) is 5.69 Å². The molecule has 0 unspecified atom stereocenters. The van der Waals surface area contributed by atoms with E-state index in [1.165, 1.54) is 0 Å². The van der Waals surface area contributed by atoms with Crippen LogP contribution in [-0.4, -0.2) is 4.98 Å². The molecule has 0 atom stereocenters. The summed E-state index contributed by atoms with van der Waals surface area (Å²) in [5, 5.41) is 1.70. The quantitative estimate of drug-likeness (QED) is 0.599. The molecule has 1 heterocycles. The van der Waals surface area contributed by atoms with Gasteiger partial charge in [-0.15, -0.1) is 12.4 Å². The van der Waals surface area contributed by atoms with Crippen molar-refractivity contribution < 1.29 is 0 Å². The third-order valence-electron chi connectivity index (χ3n) is 2.26. The number of nitrogens with zero attached hydrogens (tertiary/aromatic N) is 1. The Kier molecular flexibility index (Phi) is 3.74. The molecule has 0 spiro atoms. The maximum Gasteiger partial charge on any atom is 0.0767 e. The number of aromatic nitrogens is 1. The van der Waals surface area contributed by atoms with Crippen LogP contribution in [0.25, 0.3) is 10.9 Å². The fourth-order valence-corrected chi connectivity index (χ4v) is 1.61. The van der Waals surface area contributed by atoms with E-state index in [1.54, 1.807) is 6.20 Å². The summed E-state index contributed by atoms with van der Waals surface area (Å²) in [7, 11) is 0. The Morgan fingerprint density at radius 1 is 1.33 bits per heavy atom. The van der Waals surface area contributed by atoms with Gasteiger partial charge in [-0.25, -0.2) is 0 Å². The summed E-state index contributed by atoms with van der Waals surface area (Å²) in [6, 6.07) is 5.59. The van der Waals surface area contributed by atoms with Crippen LogP contribution in [0.1, 0.15) is 5.56 Å². The SMILES string of the molecule is Cc1c(Cl)ccc2c(NN)ccnc12.Cl. The number of fused-ring (bicyclic) bond motifs is 1.